The zero-order chi connectivity index (χ0) is 15.2. The van der Waals surface area contributed by atoms with Gasteiger partial charge in [0.25, 0.3) is 0 Å². The maximum Gasteiger partial charge on any atom is 0.322 e. The molecule has 2 unspecified atom stereocenters. The second-order valence-corrected chi connectivity index (χ2v) is 5.67. The Hall–Kier alpha value is -1.88. The van der Waals surface area contributed by atoms with Gasteiger partial charge in [-0.2, -0.15) is 0 Å². The first-order valence-electron chi connectivity index (χ1n) is 7.36. The minimum atomic E-state index is -1.03. The summed E-state index contributed by atoms with van der Waals surface area (Å²) in [6, 6.07) is 9.15. The summed E-state index contributed by atoms with van der Waals surface area (Å²) in [5.41, 5.74) is 0.912. The van der Waals surface area contributed by atoms with E-state index in [2.05, 4.69) is 17.1 Å². The minimum Gasteiger partial charge on any atom is -0.480 e. The van der Waals surface area contributed by atoms with Crippen LogP contribution in [0.15, 0.2) is 30.3 Å². The highest BCUT2D eigenvalue weighted by atomic mass is 16.4. The van der Waals surface area contributed by atoms with Crippen molar-refractivity contribution in [2.24, 2.45) is 5.92 Å². The van der Waals surface area contributed by atoms with Crippen LogP contribution in [0.25, 0.3) is 0 Å². The molecule has 2 rings (SSSR count). The van der Waals surface area contributed by atoms with Gasteiger partial charge in [0, 0.05) is 6.54 Å². The Labute approximate surface area is 125 Å². The summed E-state index contributed by atoms with van der Waals surface area (Å²) in [7, 11) is 0. The molecule has 21 heavy (non-hydrogen) atoms. The van der Waals surface area contributed by atoms with E-state index in [1.165, 1.54) is 6.42 Å². The molecule has 1 aromatic carbocycles. The van der Waals surface area contributed by atoms with Crippen LogP contribution in [-0.4, -0.2) is 41.5 Å². The quantitative estimate of drug-likeness (QED) is 0.865. The first-order chi connectivity index (χ1) is 10.1. The molecule has 0 saturated carbocycles. The van der Waals surface area contributed by atoms with Crippen molar-refractivity contribution >= 4 is 11.9 Å². The van der Waals surface area contributed by atoms with Crippen molar-refractivity contribution in [2.45, 2.75) is 25.8 Å². The lowest BCUT2D eigenvalue weighted by atomic mass is 9.96. The Kier molecular flexibility index (Phi) is 5.33. The van der Waals surface area contributed by atoms with Gasteiger partial charge in [0.2, 0.25) is 5.91 Å². The summed E-state index contributed by atoms with van der Waals surface area (Å²) in [6.07, 6.45) is 2.24. The number of hydrogen-bond acceptors (Lipinski definition) is 3. The van der Waals surface area contributed by atoms with E-state index < -0.39 is 12.0 Å². The Morgan fingerprint density at radius 2 is 2.10 bits per heavy atom. The van der Waals surface area contributed by atoms with Gasteiger partial charge in [-0.3, -0.25) is 14.5 Å². The fraction of sp³-hybridized carbons (Fsp3) is 0.500. The summed E-state index contributed by atoms with van der Waals surface area (Å²) < 4.78 is 0. The molecule has 0 aliphatic carbocycles. The normalized spacial score (nSPS) is 20.7. The highest BCUT2D eigenvalue weighted by Crippen LogP contribution is 2.27. The first kappa shape index (κ1) is 15.5. The Balaban J connectivity index is 2.17. The Morgan fingerprint density at radius 1 is 1.38 bits per heavy atom. The van der Waals surface area contributed by atoms with Crippen molar-refractivity contribution in [1.29, 1.82) is 0 Å². The van der Waals surface area contributed by atoms with Gasteiger partial charge in [-0.05, 0) is 30.9 Å². The first-order valence-corrected chi connectivity index (χ1v) is 7.36. The van der Waals surface area contributed by atoms with Gasteiger partial charge in [0.1, 0.15) is 12.6 Å². The summed E-state index contributed by atoms with van der Waals surface area (Å²) in [5, 5.41) is 11.3. The smallest absolute Gasteiger partial charge is 0.322 e. The number of carbonyl (C=O) groups is 2. The van der Waals surface area contributed by atoms with Crippen LogP contribution in [0.1, 0.15) is 31.4 Å². The van der Waals surface area contributed by atoms with E-state index >= 15 is 0 Å². The number of amides is 1. The molecule has 0 aromatic heterocycles. The molecule has 2 N–H and O–H groups in total. The van der Waals surface area contributed by atoms with Gasteiger partial charge in [-0.1, -0.05) is 37.3 Å². The Morgan fingerprint density at radius 3 is 2.71 bits per heavy atom. The van der Waals surface area contributed by atoms with Crippen LogP contribution in [0.4, 0.5) is 0 Å². The van der Waals surface area contributed by atoms with Crippen LogP contribution in [-0.2, 0) is 9.59 Å². The van der Waals surface area contributed by atoms with Crippen LogP contribution in [0.2, 0.25) is 0 Å². The lowest BCUT2D eigenvalue weighted by Crippen LogP contribution is -2.45. The molecule has 1 aromatic rings. The zero-order valence-electron chi connectivity index (χ0n) is 12.3. The van der Waals surface area contributed by atoms with E-state index in [0.29, 0.717) is 5.92 Å². The number of carboxylic acid groups (broad SMARTS) is 1. The second kappa shape index (κ2) is 7.22. The third-order valence-corrected chi connectivity index (χ3v) is 3.83. The van der Waals surface area contributed by atoms with E-state index in [4.69, 9.17) is 5.11 Å². The van der Waals surface area contributed by atoms with Gasteiger partial charge < -0.3 is 10.4 Å². The number of carboxylic acids is 1. The predicted octanol–water partition coefficient (Wildman–Crippen LogP) is 1.66. The van der Waals surface area contributed by atoms with Crippen LogP contribution < -0.4 is 5.32 Å². The highest BCUT2D eigenvalue weighted by Gasteiger charge is 2.30. The molecule has 1 aliphatic heterocycles. The molecule has 5 heteroatoms. The minimum absolute atomic E-state index is 0.238. The lowest BCUT2D eigenvalue weighted by molar-refractivity contribution is -0.139. The van der Waals surface area contributed by atoms with E-state index in [-0.39, 0.29) is 12.5 Å². The summed E-state index contributed by atoms with van der Waals surface area (Å²) in [4.78, 5) is 25.3. The van der Waals surface area contributed by atoms with Crippen molar-refractivity contribution < 1.29 is 14.7 Å². The summed E-state index contributed by atoms with van der Waals surface area (Å²) >= 11 is 0. The number of nitrogens with one attached hydrogen (secondary N) is 1. The van der Waals surface area contributed by atoms with E-state index in [1.807, 2.05) is 30.3 Å². The van der Waals surface area contributed by atoms with Gasteiger partial charge in [0.15, 0.2) is 0 Å². The molecule has 2 atom stereocenters. The van der Waals surface area contributed by atoms with Crippen molar-refractivity contribution in [3.05, 3.63) is 35.9 Å². The van der Waals surface area contributed by atoms with Crippen molar-refractivity contribution in [2.75, 3.05) is 19.6 Å². The van der Waals surface area contributed by atoms with Crippen LogP contribution in [0, 0.1) is 5.92 Å². The summed E-state index contributed by atoms with van der Waals surface area (Å²) in [5.74, 6) is -0.711. The molecule has 0 radical (unpaired) electrons. The third-order valence-electron chi connectivity index (χ3n) is 3.83. The zero-order valence-corrected chi connectivity index (χ0v) is 12.3. The molecule has 1 aliphatic rings. The van der Waals surface area contributed by atoms with Gasteiger partial charge in [-0.15, -0.1) is 0 Å². The molecule has 1 amide bonds. The number of carbonyl (C=O) groups excluding carboxylic acids is 1. The topological polar surface area (TPSA) is 69.6 Å². The lowest BCUT2D eigenvalue weighted by Gasteiger charge is -2.36. The highest BCUT2D eigenvalue weighted by molar-refractivity contribution is 5.86. The maximum absolute atomic E-state index is 12.4. The monoisotopic (exact) mass is 290 g/mol. The number of rotatable bonds is 5. The number of piperidine rings is 1. The third kappa shape index (κ3) is 4.29. The molecule has 0 spiro atoms. The molecule has 0 bridgehead atoms. The van der Waals surface area contributed by atoms with E-state index in [9.17, 15) is 9.59 Å². The fourth-order valence-corrected chi connectivity index (χ4v) is 2.88. The van der Waals surface area contributed by atoms with Gasteiger partial charge in [0.05, 0.1) is 0 Å². The average Bonchev–Trinajstić information content (AvgIpc) is 2.46. The molecule has 1 fully saturated rings. The van der Waals surface area contributed by atoms with Gasteiger partial charge in [-0.25, -0.2) is 0 Å². The SMILES string of the molecule is CC1CCCN(C(C(=O)NCC(=O)O)c2ccccc2)C1. The number of hydrogen-bond donors (Lipinski definition) is 2. The van der Waals surface area contributed by atoms with E-state index in [1.54, 1.807) is 0 Å². The Bertz CT molecular complexity index is 490. The van der Waals surface area contributed by atoms with Crippen molar-refractivity contribution in [3.8, 4) is 0 Å². The van der Waals surface area contributed by atoms with E-state index in [0.717, 1.165) is 25.1 Å². The molecule has 5 nitrogen and oxygen atoms in total. The van der Waals surface area contributed by atoms with Crippen molar-refractivity contribution in [3.63, 3.8) is 0 Å². The van der Waals surface area contributed by atoms with Crippen LogP contribution in [0.3, 0.4) is 0 Å². The summed E-state index contributed by atoms with van der Waals surface area (Å²) in [6.45, 7) is 3.57. The number of likely N-dealkylation sites (tertiary alicyclic amines) is 1. The van der Waals surface area contributed by atoms with Crippen molar-refractivity contribution in [1.82, 2.24) is 10.2 Å². The van der Waals surface area contributed by atoms with Crippen LogP contribution in [0.5, 0.6) is 0 Å². The maximum atomic E-state index is 12.4. The standard InChI is InChI=1S/C16H22N2O3/c1-12-6-5-9-18(11-12)15(13-7-3-2-4-8-13)16(21)17-10-14(19)20/h2-4,7-8,12,15H,5-6,9-11H2,1H3,(H,17,21)(H,19,20). The van der Waals surface area contributed by atoms with Crippen LogP contribution >= 0.6 is 0 Å². The second-order valence-electron chi connectivity index (χ2n) is 5.67. The predicted molar refractivity (Wildman–Crippen MR) is 79.8 cm³/mol. The van der Waals surface area contributed by atoms with Gasteiger partial charge >= 0.3 is 5.97 Å². The number of benzene rings is 1. The average molecular weight is 290 g/mol. The molecular formula is C16H22N2O3. The fourth-order valence-electron chi connectivity index (χ4n) is 2.88. The molecule has 1 saturated heterocycles. The molecular weight excluding hydrogens is 268 g/mol. The number of aliphatic carboxylic acids is 1. The molecule has 114 valence electrons. The largest absolute Gasteiger partial charge is 0.480 e. The molecule has 1 heterocycles. The number of nitrogens with zero attached hydrogens (tertiary/aromatic N) is 1.